The zero-order chi connectivity index (χ0) is 15.1. The number of halogens is 1. The van der Waals surface area contributed by atoms with Crippen LogP contribution in [0.3, 0.4) is 0 Å². The molecule has 0 saturated carbocycles. The molecule has 0 aromatic heterocycles. The molecule has 0 aliphatic carbocycles. The van der Waals surface area contributed by atoms with Crippen LogP contribution in [0.4, 0.5) is 0 Å². The van der Waals surface area contributed by atoms with E-state index in [1.807, 2.05) is 17.0 Å². The summed E-state index contributed by atoms with van der Waals surface area (Å²) < 4.78 is 0. The number of nitrogens with one attached hydrogen (secondary N) is 3. The predicted molar refractivity (Wildman–Crippen MR) is 85.4 cm³/mol. The van der Waals surface area contributed by atoms with E-state index in [9.17, 15) is 4.79 Å². The van der Waals surface area contributed by atoms with E-state index >= 15 is 0 Å². The Labute approximate surface area is 135 Å². The summed E-state index contributed by atoms with van der Waals surface area (Å²) in [6, 6.07) is 6.25. The molecule has 4 rings (SSSR count). The highest BCUT2D eigenvalue weighted by molar-refractivity contribution is 6.31. The van der Waals surface area contributed by atoms with Gasteiger partial charge >= 0.3 is 0 Å². The van der Waals surface area contributed by atoms with Crippen LogP contribution in [0.1, 0.15) is 17.5 Å². The first-order valence-corrected chi connectivity index (χ1v) is 8.38. The number of fused-ring (bicyclic) bond motifs is 2. The average Bonchev–Trinajstić information content (AvgIpc) is 2.98. The minimum absolute atomic E-state index is 0.126. The van der Waals surface area contributed by atoms with Gasteiger partial charge < -0.3 is 10.2 Å². The van der Waals surface area contributed by atoms with Crippen molar-refractivity contribution in [1.29, 1.82) is 0 Å². The van der Waals surface area contributed by atoms with Gasteiger partial charge in [-0.05, 0) is 36.6 Å². The van der Waals surface area contributed by atoms with Gasteiger partial charge in [0, 0.05) is 36.6 Å². The number of hydrogen-bond donors (Lipinski definition) is 3. The second-order valence-electron chi connectivity index (χ2n) is 6.42. The number of hydrazine groups is 1. The van der Waals surface area contributed by atoms with Crippen LogP contribution in [0.5, 0.6) is 0 Å². The van der Waals surface area contributed by atoms with E-state index in [0.717, 1.165) is 37.5 Å². The summed E-state index contributed by atoms with van der Waals surface area (Å²) in [6.45, 7) is 3.33. The van der Waals surface area contributed by atoms with Crippen LogP contribution in [0, 0.1) is 5.92 Å². The van der Waals surface area contributed by atoms with E-state index in [4.69, 9.17) is 11.6 Å². The molecule has 3 unspecified atom stereocenters. The van der Waals surface area contributed by atoms with Gasteiger partial charge in [-0.1, -0.05) is 23.7 Å². The summed E-state index contributed by atoms with van der Waals surface area (Å²) in [5.74, 6) is 0.538. The summed E-state index contributed by atoms with van der Waals surface area (Å²) in [5.41, 5.74) is 8.90. The molecule has 3 aliphatic rings. The number of piperidine rings is 1. The summed E-state index contributed by atoms with van der Waals surface area (Å²) in [5, 5.41) is 4.22. The molecule has 22 heavy (non-hydrogen) atoms. The summed E-state index contributed by atoms with van der Waals surface area (Å²) in [6.07, 6.45) is 1.91. The largest absolute Gasteiger partial charge is 0.337 e. The average molecular weight is 321 g/mol. The highest BCUT2D eigenvalue weighted by atomic mass is 35.5. The molecule has 5 nitrogen and oxygen atoms in total. The van der Waals surface area contributed by atoms with E-state index in [1.54, 1.807) is 0 Å². The molecule has 0 bridgehead atoms. The van der Waals surface area contributed by atoms with Crippen LogP contribution < -0.4 is 16.2 Å². The van der Waals surface area contributed by atoms with Crippen LogP contribution in [0.2, 0.25) is 5.02 Å². The third-order valence-corrected chi connectivity index (χ3v) is 5.52. The fourth-order valence-electron chi connectivity index (χ4n) is 3.91. The monoisotopic (exact) mass is 320 g/mol. The maximum atomic E-state index is 12.9. The van der Waals surface area contributed by atoms with Gasteiger partial charge in [-0.15, -0.1) is 0 Å². The molecule has 118 valence electrons. The predicted octanol–water partition coefficient (Wildman–Crippen LogP) is 0.679. The molecular weight excluding hydrogens is 300 g/mol. The van der Waals surface area contributed by atoms with Crippen molar-refractivity contribution in [3.63, 3.8) is 0 Å². The zero-order valence-electron chi connectivity index (χ0n) is 12.4. The van der Waals surface area contributed by atoms with Gasteiger partial charge in [-0.25, -0.2) is 5.43 Å². The third-order valence-electron chi connectivity index (χ3n) is 5.17. The van der Waals surface area contributed by atoms with E-state index < -0.39 is 0 Å². The Hall–Kier alpha value is -1.14. The first kappa shape index (κ1) is 14.5. The maximum Gasteiger partial charge on any atom is 0.241 e. The molecule has 2 saturated heterocycles. The molecule has 0 spiro atoms. The van der Waals surface area contributed by atoms with Crippen molar-refractivity contribution in [2.75, 3.05) is 19.6 Å². The number of carbonyl (C=O) groups excluding carboxylic acids is 1. The topological polar surface area (TPSA) is 56.4 Å². The lowest BCUT2D eigenvalue weighted by Crippen LogP contribution is -2.51. The Morgan fingerprint density at radius 1 is 1.32 bits per heavy atom. The van der Waals surface area contributed by atoms with Gasteiger partial charge in [0.05, 0.1) is 0 Å². The lowest BCUT2D eigenvalue weighted by molar-refractivity contribution is -0.135. The van der Waals surface area contributed by atoms with Crippen molar-refractivity contribution in [2.24, 2.45) is 5.92 Å². The Morgan fingerprint density at radius 3 is 3.14 bits per heavy atom. The summed E-state index contributed by atoms with van der Waals surface area (Å²) in [7, 11) is 0. The molecule has 1 aromatic carbocycles. The van der Waals surface area contributed by atoms with E-state index in [1.165, 1.54) is 11.1 Å². The van der Waals surface area contributed by atoms with Crippen molar-refractivity contribution in [3.05, 3.63) is 34.3 Å². The second-order valence-corrected chi connectivity index (χ2v) is 6.82. The molecule has 3 aliphatic heterocycles. The second kappa shape index (κ2) is 5.81. The molecule has 3 atom stereocenters. The molecule has 0 radical (unpaired) electrons. The number of rotatable bonds is 1. The fraction of sp³-hybridized carbons (Fsp3) is 0.562. The zero-order valence-corrected chi connectivity index (χ0v) is 13.2. The Kier molecular flexibility index (Phi) is 3.82. The van der Waals surface area contributed by atoms with Crippen molar-refractivity contribution in [1.82, 2.24) is 21.1 Å². The Morgan fingerprint density at radius 2 is 2.23 bits per heavy atom. The number of carbonyl (C=O) groups is 1. The molecule has 3 heterocycles. The van der Waals surface area contributed by atoms with Gasteiger partial charge in [0.1, 0.15) is 6.04 Å². The van der Waals surface area contributed by atoms with Crippen LogP contribution >= 0.6 is 11.6 Å². The fourth-order valence-corrected chi connectivity index (χ4v) is 4.20. The molecule has 1 amide bonds. The van der Waals surface area contributed by atoms with Crippen molar-refractivity contribution in [2.45, 2.75) is 31.5 Å². The summed E-state index contributed by atoms with van der Waals surface area (Å²) in [4.78, 5) is 14.9. The number of nitrogens with zero attached hydrogens (tertiary/aromatic N) is 1. The highest BCUT2D eigenvalue weighted by Gasteiger charge is 2.43. The minimum Gasteiger partial charge on any atom is -0.337 e. The first-order valence-electron chi connectivity index (χ1n) is 8.01. The van der Waals surface area contributed by atoms with Crippen LogP contribution in [-0.2, 0) is 17.8 Å². The maximum absolute atomic E-state index is 12.9. The lowest BCUT2D eigenvalue weighted by atomic mass is 9.88. The van der Waals surface area contributed by atoms with Gasteiger partial charge in [-0.3, -0.25) is 10.2 Å². The van der Waals surface area contributed by atoms with Gasteiger partial charge in [0.15, 0.2) is 0 Å². The number of benzene rings is 1. The van der Waals surface area contributed by atoms with Crippen LogP contribution in [0.25, 0.3) is 0 Å². The Bertz CT molecular complexity index is 594. The molecule has 3 N–H and O–H groups in total. The Balaban J connectivity index is 1.50. The van der Waals surface area contributed by atoms with E-state index in [2.05, 4.69) is 22.2 Å². The minimum atomic E-state index is -0.126. The van der Waals surface area contributed by atoms with Gasteiger partial charge in [0.25, 0.3) is 0 Å². The lowest BCUT2D eigenvalue weighted by Gasteiger charge is -2.34. The number of hydrogen-bond acceptors (Lipinski definition) is 4. The van der Waals surface area contributed by atoms with E-state index in [-0.39, 0.29) is 11.9 Å². The van der Waals surface area contributed by atoms with Crippen LogP contribution in [-0.4, -0.2) is 42.5 Å². The van der Waals surface area contributed by atoms with Crippen molar-refractivity contribution >= 4 is 17.5 Å². The number of amides is 1. The molecular formula is C16H21ClN4O. The third kappa shape index (κ3) is 2.42. The first-order chi connectivity index (χ1) is 10.7. The summed E-state index contributed by atoms with van der Waals surface area (Å²) >= 11 is 6.25. The normalized spacial score (nSPS) is 30.8. The van der Waals surface area contributed by atoms with Crippen molar-refractivity contribution < 1.29 is 4.79 Å². The molecule has 1 aromatic rings. The highest BCUT2D eigenvalue weighted by Crippen LogP contribution is 2.28. The molecule has 6 heteroatoms. The van der Waals surface area contributed by atoms with Crippen molar-refractivity contribution in [3.8, 4) is 0 Å². The van der Waals surface area contributed by atoms with Gasteiger partial charge in [0.2, 0.25) is 5.91 Å². The van der Waals surface area contributed by atoms with Crippen LogP contribution in [0.15, 0.2) is 18.2 Å². The van der Waals surface area contributed by atoms with E-state index in [0.29, 0.717) is 18.5 Å². The SMILES string of the molecule is O=C(C1NNC2CCNCC21)N1CCc2c(Cl)cccc2C1. The smallest absolute Gasteiger partial charge is 0.241 e. The van der Waals surface area contributed by atoms with Gasteiger partial charge in [-0.2, -0.15) is 0 Å². The quantitative estimate of drug-likeness (QED) is 0.712. The standard InChI is InChI=1S/C16H21ClN4O/c17-13-3-1-2-10-9-21(7-5-11(10)13)16(22)15-12-8-18-6-4-14(12)19-20-15/h1-3,12,14-15,18-20H,4-9H2. The molecule has 2 fully saturated rings.